The van der Waals surface area contributed by atoms with Gasteiger partial charge in [0, 0.05) is 5.75 Å². The lowest BCUT2D eigenvalue weighted by molar-refractivity contribution is -0.125. The maximum Gasteiger partial charge on any atom is 0.245 e. The highest BCUT2D eigenvalue weighted by Gasteiger charge is 2.12. The smallest absolute Gasteiger partial charge is 0.245 e. The first-order valence-corrected chi connectivity index (χ1v) is 8.41. The SMILES string of the molecule is O=C(Cc1cccc2ccccc12)NCC(=O)NC1=NCCS1. The van der Waals surface area contributed by atoms with Gasteiger partial charge in [0.15, 0.2) is 5.17 Å². The fraction of sp³-hybridized carbons (Fsp3) is 0.235. The van der Waals surface area contributed by atoms with Crippen LogP contribution < -0.4 is 10.6 Å². The van der Waals surface area contributed by atoms with Crippen LogP contribution in [0.2, 0.25) is 0 Å². The molecule has 23 heavy (non-hydrogen) atoms. The lowest BCUT2D eigenvalue weighted by atomic mass is 10.0. The summed E-state index contributed by atoms with van der Waals surface area (Å²) in [5.74, 6) is 0.477. The molecular weight excluding hydrogens is 310 g/mol. The first kappa shape index (κ1) is 15.6. The number of carbonyl (C=O) groups is 2. The molecule has 0 saturated carbocycles. The molecule has 0 radical (unpaired) electrons. The molecule has 0 aromatic heterocycles. The number of hydrogen-bond donors (Lipinski definition) is 2. The van der Waals surface area contributed by atoms with E-state index in [0.29, 0.717) is 5.17 Å². The largest absolute Gasteiger partial charge is 0.347 e. The fourth-order valence-corrected chi connectivity index (χ4v) is 3.18. The highest BCUT2D eigenvalue weighted by atomic mass is 32.2. The highest BCUT2D eigenvalue weighted by molar-refractivity contribution is 8.14. The summed E-state index contributed by atoms with van der Waals surface area (Å²) in [5, 5.41) is 8.14. The van der Waals surface area contributed by atoms with Gasteiger partial charge >= 0.3 is 0 Å². The second-order valence-corrected chi connectivity index (χ2v) is 6.26. The molecule has 2 aromatic rings. The van der Waals surface area contributed by atoms with E-state index in [1.807, 2.05) is 42.5 Å². The minimum Gasteiger partial charge on any atom is -0.347 e. The van der Waals surface area contributed by atoms with Crippen LogP contribution in [0.1, 0.15) is 5.56 Å². The van der Waals surface area contributed by atoms with Crippen molar-refractivity contribution in [2.75, 3.05) is 18.8 Å². The van der Waals surface area contributed by atoms with Crippen molar-refractivity contribution in [3.8, 4) is 0 Å². The van der Waals surface area contributed by atoms with Gasteiger partial charge in [0.1, 0.15) is 0 Å². The van der Waals surface area contributed by atoms with Gasteiger partial charge in [-0.1, -0.05) is 54.2 Å². The zero-order chi connectivity index (χ0) is 16.1. The maximum absolute atomic E-state index is 12.1. The van der Waals surface area contributed by atoms with E-state index in [2.05, 4.69) is 15.6 Å². The van der Waals surface area contributed by atoms with Crippen molar-refractivity contribution >= 4 is 39.5 Å². The van der Waals surface area contributed by atoms with E-state index in [0.717, 1.165) is 28.6 Å². The Morgan fingerprint density at radius 2 is 1.91 bits per heavy atom. The molecule has 5 nitrogen and oxygen atoms in total. The average molecular weight is 327 g/mol. The van der Waals surface area contributed by atoms with E-state index in [1.165, 1.54) is 11.8 Å². The zero-order valence-electron chi connectivity index (χ0n) is 12.5. The van der Waals surface area contributed by atoms with E-state index >= 15 is 0 Å². The molecule has 0 atom stereocenters. The lowest BCUT2D eigenvalue weighted by Crippen LogP contribution is -2.39. The number of nitrogens with zero attached hydrogens (tertiary/aromatic N) is 1. The van der Waals surface area contributed by atoms with E-state index in [-0.39, 0.29) is 24.8 Å². The molecule has 0 unspecified atom stereocenters. The van der Waals surface area contributed by atoms with Crippen LogP contribution in [-0.4, -0.2) is 35.8 Å². The number of nitrogens with one attached hydrogen (secondary N) is 2. The van der Waals surface area contributed by atoms with Crippen molar-refractivity contribution in [2.24, 2.45) is 4.99 Å². The molecule has 1 aliphatic heterocycles. The minimum atomic E-state index is -0.246. The van der Waals surface area contributed by atoms with Crippen LogP contribution in [0.5, 0.6) is 0 Å². The van der Waals surface area contributed by atoms with E-state index in [9.17, 15) is 9.59 Å². The summed E-state index contributed by atoms with van der Waals surface area (Å²) in [5.41, 5.74) is 0.955. The molecule has 0 saturated heterocycles. The predicted molar refractivity (Wildman–Crippen MR) is 93.6 cm³/mol. The van der Waals surface area contributed by atoms with Gasteiger partial charge in [0.25, 0.3) is 0 Å². The quantitative estimate of drug-likeness (QED) is 0.898. The summed E-state index contributed by atoms with van der Waals surface area (Å²) in [6.45, 7) is 0.691. The maximum atomic E-state index is 12.1. The van der Waals surface area contributed by atoms with Crippen molar-refractivity contribution in [1.82, 2.24) is 10.6 Å². The van der Waals surface area contributed by atoms with Gasteiger partial charge in [-0.15, -0.1) is 0 Å². The molecule has 1 heterocycles. The summed E-state index contributed by atoms with van der Waals surface area (Å²) in [6, 6.07) is 13.8. The van der Waals surface area contributed by atoms with Crippen molar-refractivity contribution in [2.45, 2.75) is 6.42 Å². The fourth-order valence-electron chi connectivity index (χ4n) is 2.44. The molecule has 3 rings (SSSR count). The van der Waals surface area contributed by atoms with Gasteiger partial charge < -0.3 is 10.6 Å². The highest BCUT2D eigenvalue weighted by Crippen LogP contribution is 2.18. The standard InChI is InChI=1S/C17H17N3O2S/c21-15(19-11-16(22)20-17-18-8-9-23-17)10-13-6-3-5-12-4-1-2-7-14(12)13/h1-7H,8-11H2,(H,19,21)(H,18,20,22). The van der Waals surface area contributed by atoms with Gasteiger partial charge in [-0.05, 0) is 16.3 Å². The third kappa shape index (κ3) is 4.10. The van der Waals surface area contributed by atoms with Crippen LogP contribution in [0.3, 0.4) is 0 Å². The Bertz CT molecular complexity index is 768. The van der Waals surface area contributed by atoms with E-state index in [4.69, 9.17) is 0 Å². The summed E-state index contributed by atoms with van der Waals surface area (Å²) in [6.07, 6.45) is 0.254. The summed E-state index contributed by atoms with van der Waals surface area (Å²) < 4.78 is 0. The Morgan fingerprint density at radius 1 is 1.09 bits per heavy atom. The number of fused-ring (bicyclic) bond motifs is 1. The Balaban J connectivity index is 1.55. The first-order valence-electron chi connectivity index (χ1n) is 7.43. The van der Waals surface area contributed by atoms with Crippen LogP contribution in [0.4, 0.5) is 0 Å². The summed E-state index contributed by atoms with van der Waals surface area (Å²) in [4.78, 5) is 28.0. The molecule has 0 fully saturated rings. The Labute approximate surface area is 138 Å². The minimum absolute atomic E-state index is 0.0385. The van der Waals surface area contributed by atoms with Crippen molar-refractivity contribution in [1.29, 1.82) is 0 Å². The van der Waals surface area contributed by atoms with Crippen LogP contribution in [0.15, 0.2) is 47.5 Å². The van der Waals surface area contributed by atoms with Crippen LogP contribution >= 0.6 is 11.8 Å². The van der Waals surface area contributed by atoms with Gasteiger partial charge in [0.2, 0.25) is 11.8 Å². The van der Waals surface area contributed by atoms with Crippen LogP contribution in [0.25, 0.3) is 10.8 Å². The Hall–Kier alpha value is -2.34. The number of hydrogen-bond acceptors (Lipinski definition) is 4. The third-order valence-electron chi connectivity index (χ3n) is 3.51. The molecule has 6 heteroatoms. The van der Waals surface area contributed by atoms with E-state index < -0.39 is 0 Å². The van der Waals surface area contributed by atoms with Gasteiger partial charge in [-0.25, -0.2) is 0 Å². The molecule has 2 N–H and O–H groups in total. The van der Waals surface area contributed by atoms with Gasteiger partial charge in [-0.3, -0.25) is 14.6 Å². The number of benzene rings is 2. The predicted octanol–water partition coefficient (Wildman–Crippen LogP) is 1.72. The number of rotatable bonds is 4. The van der Waals surface area contributed by atoms with Crippen molar-refractivity contribution < 1.29 is 9.59 Å². The number of aliphatic imine (C=N–C) groups is 1. The molecule has 2 amide bonds. The second-order valence-electron chi connectivity index (χ2n) is 5.18. The molecule has 0 bridgehead atoms. The van der Waals surface area contributed by atoms with E-state index in [1.54, 1.807) is 0 Å². The Kier molecular flexibility index (Phi) is 4.92. The molecule has 0 aliphatic carbocycles. The van der Waals surface area contributed by atoms with Crippen molar-refractivity contribution in [3.63, 3.8) is 0 Å². The zero-order valence-corrected chi connectivity index (χ0v) is 13.4. The number of amides is 2. The van der Waals surface area contributed by atoms with Crippen molar-refractivity contribution in [3.05, 3.63) is 48.0 Å². The molecule has 1 aliphatic rings. The van der Waals surface area contributed by atoms with Gasteiger partial charge in [-0.2, -0.15) is 0 Å². The number of carbonyl (C=O) groups excluding carboxylic acids is 2. The normalized spacial score (nSPS) is 13.7. The number of amidine groups is 1. The second kappa shape index (κ2) is 7.28. The molecule has 118 valence electrons. The number of thioether (sulfide) groups is 1. The topological polar surface area (TPSA) is 70.6 Å². The van der Waals surface area contributed by atoms with Gasteiger partial charge in [0.05, 0.1) is 19.5 Å². The van der Waals surface area contributed by atoms with Crippen LogP contribution in [-0.2, 0) is 16.0 Å². The first-order chi connectivity index (χ1) is 11.2. The summed E-state index contributed by atoms with van der Waals surface area (Å²) in [7, 11) is 0. The monoisotopic (exact) mass is 327 g/mol. The lowest BCUT2D eigenvalue weighted by Gasteiger charge is -2.08. The molecular formula is C17H17N3O2S. The summed E-state index contributed by atoms with van der Waals surface area (Å²) >= 11 is 1.51. The average Bonchev–Trinajstić information content (AvgIpc) is 3.06. The third-order valence-corrected chi connectivity index (χ3v) is 4.40. The van der Waals surface area contributed by atoms with Crippen LogP contribution in [0, 0.1) is 0 Å². The molecule has 0 spiro atoms. The molecule has 2 aromatic carbocycles. The Morgan fingerprint density at radius 3 is 2.74 bits per heavy atom.